The van der Waals surface area contributed by atoms with Crippen molar-refractivity contribution in [2.24, 2.45) is 5.40 Å². The second-order valence-corrected chi connectivity index (χ2v) is 6.43. The molecule has 0 aliphatic heterocycles. The molecule has 0 aromatic carbocycles. The number of nitrogens with two attached hydrogens (primary N) is 1. The van der Waals surface area contributed by atoms with Crippen LogP contribution in [-0.2, 0) is 0 Å². The second kappa shape index (κ2) is 3.05. The van der Waals surface area contributed by atoms with Gasteiger partial charge in [0.15, 0.2) is 0 Å². The molecular weight excluding hydrogens is 114 g/mol. The van der Waals surface area contributed by atoms with Gasteiger partial charge in [0.05, 0.1) is 0 Å². The number of hydrogen-bond acceptors (Lipinski definition) is 1. The first-order valence-electron chi connectivity index (χ1n) is 3.11. The maximum atomic E-state index is 5.92. The first-order valence-corrected chi connectivity index (χ1v) is 5.68. The molecular formula is C6H15NSi. The zero-order valence-corrected chi connectivity index (χ0v) is 6.78. The molecule has 0 saturated carbocycles. The van der Waals surface area contributed by atoms with Gasteiger partial charge in [0.25, 0.3) is 0 Å². The zero-order chi connectivity index (χ0) is 6.62. The molecule has 0 spiro atoms. The van der Waals surface area contributed by atoms with E-state index >= 15 is 0 Å². The lowest BCUT2D eigenvalue weighted by atomic mass is 10.9. The second-order valence-electron chi connectivity index (χ2n) is 2.14. The van der Waals surface area contributed by atoms with Gasteiger partial charge in [-0.3, -0.25) is 0 Å². The molecule has 0 aliphatic carbocycles. The summed E-state index contributed by atoms with van der Waals surface area (Å²) in [6.07, 6.45) is 0. The Morgan fingerprint density at radius 1 is 1.50 bits per heavy atom. The summed E-state index contributed by atoms with van der Waals surface area (Å²) in [5.41, 5.74) is 1.97. The van der Waals surface area contributed by atoms with Gasteiger partial charge in [0, 0.05) is 0 Å². The Bertz CT molecular complexity index is 76.6. The fourth-order valence-electron chi connectivity index (χ4n) is 0.539. The Hall–Kier alpha value is -0.0831. The molecule has 48 valence electrons. The minimum atomic E-state index is -1.41. The summed E-state index contributed by atoms with van der Waals surface area (Å²) in [5, 5.41) is 5.92. The van der Waals surface area contributed by atoms with Crippen molar-refractivity contribution in [1.82, 2.24) is 0 Å². The first-order chi connectivity index (χ1) is 3.68. The molecule has 0 fully saturated rings. The van der Waals surface area contributed by atoms with Crippen molar-refractivity contribution < 1.29 is 0 Å². The highest BCUT2D eigenvalue weighted by Gasteiger charge is 2.17. The Labute approximate surface area is 52.7 Å². The van der Waals surface area contributed by atoms with Crippen LogP contribution in [0.3, 0.4) is 0 Å². The van der Waals surface area contributed by atoms with Gasteiger partial charge in [-0.2, -0.15) is 0 Å². The van der Waals surface area contributed by atoms with Gasteiger partial charge in [-0.05, 0) is 12.1 Å². The van der Waals surface area contributed by atoms with Crippen molar-refractivity contribution in [3.8, 4) is 0 Å². The van der Waals surface area contributed by atoms with E-state index in [9.17, 15) is 0 Å². The molecule has 0 bridgehead atoms. The van der Waals surface area contributed by atoms with Crippen LogP contribution in [0.4, 0.5) is 0 Å². The van der Waals surface area contributed by atoms with Gasteiger partial charge < -0.3 is 5.40 Å². The Kier molecular flexibility index (Phi) is 3.01. The van der Waals surface area contributed by atoms with Crippen LogP contribution in [0.1, 0.15) is 13.8 Å². The van der Waals surface area contributed by atoms with Gasteiger partial charge in [0.1, 0.15) is 8.24 Å². The van der Waals surface area contributed by atoms with Crippen LogP contribution in [0.5, 0.6) is 0 Å². The van der Waals surface area contributed by atoms with Crippen LogP contribution < -0.4 is 5.40 Å². The Morgan fingerprint density at radius 2 is 1.88 bits per heavy atom. The van der Waals surface area contributed by atoms with Crippen molar-refractivity contribution in [3.63, 3.8) is 0 Å². The molecule has 0 unspecified atom stereocenters. The summed E-state index contributed by atoms with van der Waals surface area (Å²) >= 11 is 0. The summed E-state index contributed by atoms with van der Waals surface area (Å²) in [7, 11) is -1.41. The van der Waals surface area contributed by atoms with Crippen LogP contribution in [0.15, 0.2) is 12.3 Å². The van der Waals surface area contributed by atoms with E-state index in [1.165, 1.54) is 0 Å². The Morgan fingerprint density at radius 3 is 1.88 bits per heavy atom. The molecule has 0 radical (unpaired) electrons. The lowest BCUT2D eigenvalue weighted by Gasteiger charge is -2.16. The first kappa shape index (κ1) is 7.92. The van der Waals surface area contributed by atoms with Crippen LogP contribution in [0, 0.1) is 0 Å². The molecule has 0 rings (SSSR count). The average molecular weight is 129 g/mol. The summed E-state index contributed by atoms with van der Waals surface area (Å²) in [4.78, 5) is 0. The summed E-state index contributed by atoms with van der Waals surface area (Å²) in [5.74, 6) is 0. The fourth-order valence-corrected chi connectivity index (χ4v) is 1.62. The molecule has 0 aromatic heterocycles. The van der Waals surface area contributed by atoms with Crippen LogP contribution in [0.2, 0.25) is 12.1 Å². The molecule has 0 heterocycles. The van der Waals surface area contributed by atoms with E-state index in [0.717, 1.165) is 12.1 Å². The van der Waals surface area contributed by atoms with Crippen LogP contribution >= 0.6 is 0 Å². The molecule has 0 aromatic rings. The van der Waals surface area contributed by atoms with Gasteiger partial charge in [0.2, 0.25) is 0 Å². The van der Waals surface area contributed by atoms with Crippen molar-refractivity contribution in [2.75, 3.05) is 0 Å². The minimum absolute atomic E-state index is 1.12. The fraction of sp³-hybridized carbons (Fsp3) is 0.667. The molecule has 0 aliphatic rings. The highest BCUT2D eigenvalue weighted by molar-refractivity contribution is 6.81. The maximum absolute atomic E-state index is 5.92. The maximum Gasteiger partial charge on any atom is 0.146 e. The SMILES string of the molecule is C=C[Si](N)(CC)CC. The quantitative estimate of drug-likeness (QED) is 0.576. The standard InChI is InChI=1S/C6H15NSi/c1-4-8(7,5-2)6-3/h4H,1,5-7H2,2-3H3. The van der Waals surface area contributed by atoms with Gasteiger partial charge in [-0.15, -0.1) is 6.58 Å². The molecule has 0 atom stereocenters. The Balaban J connectivity index is 3.76. The third kappa shape index (κ3) is 1.80. The van der Waals surface area contributed by atoms with Crippen molar-refractivity contribution in [2.45, 2.75) is 25.9 Å². The highest BCUT2D eigenvalue weighted by atomic mass is 28.3. The molecule has 2 N–H and O–H groups in total. The van der Waals surface area contributed by atoms with Crippen LogP contribution in [-0.4, -0.2) is 8.24 Å². The van der Waals surface area contributed by atoms with Gasteiger partial charge >= 0.3 is 0 Å². The van der Waals surface area contributed by atoms with Crippen molar-refractivity contribution in [1.29, 1.82) is 0 Å². The molecule has 0 amide bonds. The normalized spacial score (nSPS) is 11.4. The largest absolute Gasteiger partial charge is 0.348 e. The molecule has 2 heteroatoms. The van der Waals surface area contributed by atoms with E-state index in [1.807, 2.05) is 5.70 Å². The van der Waals surface area contributed by atoms with E-state index in [2.05, 4.69) is 20.4 Å². The lowest BCUT2D eigenvalue weighted by molar-refractivity contribution is 1.24. The molecule has 0 saturated heterocycles. The van der Waals surface area contributed by atoms with Crippen LogP contribution in [0.25, 0.3) is 0 Å². The molecule has 1 nitrogen and oxygen atoms in total. The van der Waals surface area contributed by atoms with E-state index in [4.69, 9.17) is 5.40 Å². The minimum Gasteiger partial charge on any atom is -0.348 e. The number of hydrogen-bond donors (Lipinski definition) is 1. The summed E-state index contributed by atoms with van der Waals surface area (Å²) in [6, 6.07) is 2.24. The predicted octanol–water partition coefficient (Wildman–Crippen LogP) is 1.66. The third-order valence-electron chi connectivity index (χ3n) is 1.72. The average Bonchev–Trinajstić information content (AvgIpc) is 1.87. The van der Waals surface area contributed by atoms with E-state index in [0.29, 0.717) is 0 Å². The van der Waals surface area contributed by atoms with Crippen molar-refractivity contribution in [3.05, 3.63) is 12.3 Å². The molecule has 8 heavy (non-hydrogen) atoms. The monoisotopic (exact) mass is 129 g/mol. The van der Waals surface area contributed by atoms with E-state index in [-0.39, 0.29) is 0 Å². The van der Waals surface area contributed by atoms with E-state index in [1.54, 1.807) is 0 Å². The van der Waals surface area contributed by atoms with Crippen molar-refractivity contribution >= 4 is 8.24 Å². The van der Waals surface area contributed by atoms with E-state index < -0.39 is 8.24 Å². The smallest absolute Gasteiger partial charge is 0.146 e. The third-order valence-corrected chi connectivity index (χ3v) is 5.17. The predicted molar refractivity (Wildman–Crippen MR) is 41.1 cm³/mol. The lowest BCUT2D eigenvalue weighted by Crippen LogP contribution is -2.41. The highest BCUT2D eigenvalue weighted by Crippen LogP contribution is 2.06. The summed E-state index contributed by atoms with van der Waals surface area (Å²) in [6.45, 7) is 7.98. The van der Waals surface area contributed by atoms with Gasteiger partial charge in [-0.25, -0.2) is 0 Å². The summed E-state index contributed by atoms with van der Waals surface area (Å²) < 4.78 is 0. The number of rotatable bonds is 3. The topological polar surface area (TPSA) is 26.0 Å². The van der Waals surface area contributed by atoms with Gasteiger partial charge in [-0.1, -0.05) is 19.5 Å². The zero-order valence-electron chi connectivity index (χ0n) is 5.78.